The van der Waals surface area contributed by atoms with Crippen LogP contribution >= 0.6 is 23.5 Å². The van der Waals surface area contributed by atoms with Gasteiger partial charge in [0.25, 0.3) is 11.5 Å². The van der Waals surface area contributed by atoms with Crippen molar-refractivity contribution in [2.75, 3.05) is 19.7 Å². The zero-order valence-electron chi connectivity index (χ0n) is 24.4. The first-order valence-electron chi connectivity index (χ1n) is 13.9. The molecule has 0 radical (unpaired) electrons. The molecule has 1 saturated heterocycles. The summed E-state index contributed by atoms with van der Waals surface area (Å²) in [5.74, 6) is -0.723. The molecule has 1 aliphatic rings. The van der Waals surface area contributed by atoms with E-state index in [1.807, 2.05) is 4.98 Å². The maximum Gasteiger partial charge on any atom is 0.490 e. The normalized spacial score (nSPS) is 20.7. The number of hydrogen-bond donors (Lipinski definition) is 8. The third-order valence-corrected chi connectivity index (χ3v) is 10.2. The Hall–Kier alpha value is -2.90. The number of H-pyrrole nitrogens is 1. The fourth-order valence-corrected chi connectivity index (χ4v) is 7.27. The van der Waals surface area contributed by atoms with Gasteiger partial charge in [-0.3, -0.25) is 33.4 Å². The van der Waals surface area contributed by atoms with Gasteiger partial charge in [0.15, 0.2) is 0 Å². The quantitative estimate of drug-likeness (QED) is 0.0713. The largest absolute Gasteiger partial charge is 0.490 e. The van der Waals surface area contributed by atoms with Crippen molar-refractivity contribution in [2.45, 2.75) is 57.0 Å². The Morgan fingerprint density at radius 1 is 1.02 bits per heavy atom. The number of aromatic amines is 1. The summed E-state index contributed by atoms with van der Waals surface area (Å²) in [7, 11) is -16.8. The fourth-order valence-electron chi connectivity index (χ4n) is 4.24. The number of unbranched alkanes of at least 4 members (excludes halogenated alkanes) is 3. The number of amides is 2. The molecule has 21 nitrogen and oxygen atoms in total. The van der Waals surface area contributed by atoms with Crippen molar-refractivity contribution in [3.05, 3.63) is 62.7 Å². The number of phosphoric acid groups is 3. The Bertz CT molecular complexity index is 1650. The van der Waals surface area contributed by atoms with E-state index < -0.39 is 72.1 Å². The molecule has 0 aromatic carbocycles. The van der Waals surface area contributed by atoms with Gasteiger partial charge in [-0.25, -0.2) is 18.5 Å². The first-order valence-corrected chi connectivity index (χ1v) is 18.4. The predicted octanol–water partition coefficient (Wildman–Crippen LogP) is -0.428. The fraction of sp³-hybridized carbons (Fsp3) is 0.522. The number of nitrogens with one attached hydrogen (secondary N) is 3. The van der Waals surface area contributed by atoms with Gasteiger partial charge in [0.1, 0.15) is 12.3 Å². The molecule has 2 aromatic rings. The summed E-state index contributed by atoms with van der Waals surface area (Å²) in [6, 6.07) is 3.33. The van der Waals surface area contributed by atoms with Crippen molar-refractivity contribution in [3.8, 4) is 0 Å². The van der Waals surface area contributed by atoms with E-state index in [2.05, 4.69) is 28.8 Å². The van der Waals surface area contributed by atoms with Crippen molar-refractivity contribution >= 4 is 35.3 Å². The minimum atomic E-state index is -5.76. The zero-order valence-corrected chi connectivity index (χ0v) is 27.1. The van der Waals surface area contributed by atoms with E-state index in [9.17, 15) is 47.8 Å². The molecule has 2 amide bonds. The van der Waals surface area contributed by atoms with Crippen LogP contribution < -0.4 is 21.9 Å². The average Bonchev–Trinajstić information content (AvgIpc) is 3.33. The smallest absolute Gasteiger partial charge is 0.390 e. The Kier molecular flexibility index (Phi) is 13.9. The second-order valence-electron chi connectivity index (χ2n) is 10.1. The maximum atomic E-state index is 12.4. The number of ether oxygens (including phenoxy) is 1. The number of phosphoric ester groups is 1. The van der Waals surface area contributed by atoms with Crippen LogP contribution in [0.15, 0.2) is 40.3 Å². The van der Waals surface area contributed by atoms with E-state index >= 15 is 0 Å². The number of aliphatic hydroxyl groups excluding tert-OH is 1. The Labute approximate surface area is 265 Å². The summed E-state index contributed by atoms with van der Waals surface area (Å²) < 4.78 is 52.2. The second kappa shape index (κ2) is 17.0. The Morgan fingerprint density at radius 3 is 2.34 bits per heavy atom. The molecule has 24 heteroatoms. The number of carbonyl (C=O) groups is 2. The highest BCUT2D eigenvalue weighted by atomic mass is 31.3. The number of carbonyl (C=O) groups excluding carboxylic acids is 2. The van der Waals surface area contributed by atoms with E-state index in [1.54, 1.807) is 18.3 Å². The highest BCUT2D eigenvalue weighted by molar-refractivity contribution is 7.66. The van der Waals surface area contributed by atoms with E-state index in [4.69, 9.17) is 14.5 Å². The van der Waals surface area contributed by atoms with Gasteiger partial charge in [0, 0.05) is 43.7 Å². The summed E-state index contributed by atoms with van der Waals surface area (Å²) >= 11 is 0. The molecule has 2 aromatic heterocycles. The monoisotopic (exact) mass is 729 g/mol. The molecule has 0 aliphatic carbocycles. The van der Waals surface area contributed by atoms with Crippen LogP contribution in [0.5, 0.6) is 0 Å². The molecule has 1 fully saturated rings. The molecule has 0 spiro atoms. The molecule has 5 atom stereocenters. The number of nitrogens with zero attached hydrogens (tertiary/aromatic N) is 2. The summed E-state index contributed by atoms with van der Waals surface area (Å²) in [6.07, 6.45) is 2.22. The highest BCUT2D eigenvalue weighted by Crippen LogP contribution is 2.66. The minimum absolute atomic E-state index is 0.110. The number of hydrogen-bond acceptors (Lipinski definition) is 13. The summed E-state index contributed by atoms with van der Waals surface area (Å²) in [4.78, 5) is 91.1. The number of aromatic nitrogens is 3. The van der Waals surface area contributed by atoms with Gasteiger partial charge in [0.05, 0.1) is 24.7 Å². The van der Waals surface area contributed by atoms with Crippen molar-refractivity contribution in [1.29, 1.82) is 0 Å². The van der Waals surface area contributed by atoms with Crippen molar-refractivity contribution in [3.63, 3.8) is 0 Å². The van der Waals surface area contributed by atoms with Crippen LogP contribution in [0.25, 0.3) is 0 Å². The molecule has 3 heterocycles. The van der Waals surface area contributed by atoms with Gasteiger partial charge in [0.2, 0.25) is 5.91 Å². The first kappa shape index (κ1) is 38.5. The van der Waals surface area contributed by atoms with Crippen LogP contribution in [0.3, 0.4) is 0 Å². The topological polar surface area (TPSA) is 315 Å². The predicted molar refractivity (Wildman–Crippen MR) is 157 cm³/mol. The van der Waals surface area contributed by atoms with Crippen LogP contribution in [0.1, 0.15) is 54.3 Å². The van der Waals surface area contributed by atoms with Crippen LogP contribution in [0.2, 0.25) is 0 Å². The summed E-state index contributed by atoms with van der Waals surface area (Å²) in [5.41, 5.74) is -1.44. The number of rotatable bonds is 18. The molecular weight excluding hydrogens is 695 g/mol. The maximum absolute atomic E-state index is 12.4. The van der Waals surface area contributed by atoms with Crippen molar-refractivity contribution < 1.29 is 65.8 Å². The molecule has 0 bridgehead atoms. The molecule has 2 unspecified atom stereocenters. The van der Waals surface area contributed by atoms with Crippen molar-refractivity contribution in [1.82, 2.24) is 25.2 Å². The molecule has 262 valence electrons. The summed E-state index contributed by atoms with van der Waals surface area (Å²) in [5, 5.41) is 15.8. The molecule has 8 N–H and O–H groups in total. The minimum Gasteiger partial charge on any atom is -0.390 e. The van der Waals surface area contributed by atoms with E-state index in [0.717, 1.165) is 30.0 Å². The van der Waals surface area contributed by atoms with Gasteiger partial charge < -0.3 is 40.1 Å². The van der Waals surface area contributed by atoms with Gasteiger partial charge >= 0.3 is 29.2 Å². The molecule has 47 heavy (non-hydrogen) atoms. The first-order chi connectivity index (χ1) is 21.9. The average molecular weight is 729 g/mol. The third-order valence-electron chi connectivity index (χ3n) is 6.36. The van der Waals surface area contributed by atoms with Crippen LogP contribution in [-0.4, -0.2) is 82.9 Å². The number of pyridine rings is 1. The van der Waals surface area contributed by atoms with Crippen LogP contribution in [0, 0.1) is 0 Å². The van der Waals surface area contributed by atoms with Gasteiger partial charge in [-0.2, -0.15) is 8.62 Å². The highest BCUT2D eigenvalue weighted by Gasteiger charge is 2.43. The summed E-state index contributed by atoms with van der Waals surface area (Å²) in [6.45, 7) is -0.169. The third kappa shape index (κ3) is 13.3. The second-order valence-corrected chi connectivity index (χ2v) is 14.5. The van der Waals surface area contributed by atoms with E-state index in [1.165, 1.54) is 6.20 Å². The Morgan fingerprint density at radius 2 is 1.70 bits per heavy atom. The lowest BCUT2D eigenvalue weighted by Gasteiger charge is -2.19. The van der Waals surface area contributed by atoms with Crippen LogP contribution in [0.4, 0.5) is 0 Å². The van der Waals surface area contributed by atoms with E-state index in [-0.39, 0.29) is 17.9 Å². The zero-order chi connectivity index (χ0) is 34.8. The lowest BCUT2D eigenvalue weighted by Crippen LogP contribution is -2.36. The molecule has 3 rings (SSSR count). The lowest BCUT2D eigenvalue weighted by molar-refractivity contribution is -0.120. The van der Waals surface area contributed by atoms with Crippen molar-refractivity contribution in [2.24, 2.45) is 0 Å². The standard InChI is InChI=1S/C23H34N5O16P3/c29-17-11-20(42-18(17)14-41-46(37,38)44-47(39,40)43-45(34,35)36)28-13-16(22(32)27-23(28)33)10-19(30)25-8-3-1-2-4-9-26-21(31)15-6-5-7-24-12-15/h5-7,12-13,17-18,20,29H,1-4,8-11,14H2,(H,25,30)(H,26,31)(H,37,38)(H,39,40)(H,27,32,33)(H2,34,35,36)/t17-,18+,20+/m0/s1. The lowest BCUT2D eigenvalue weighted by atomic mass is 10.1. The molecular formula is C23H34N5O16P3. The van der Waals surface area contributed by atoms with Gasteiger partial charge in [-0.1, -0.05) is 12.8 Å². The van der Waals surface area contributed by atoms with Gasteiger partial charge in [-0.15, -0.1) is 0 Å². The molecule has 0 saturated carbocycles. The molecule has 1 aliphatic heterocycles. The number of aliphatic hydroxyl groups is 1. The van der Waals surface area contributed by atoms with Gasteiger partial charge in [-0.05, 0) is 25.0 Å². The van der Waals surface area contributed by atoms with Crippen LogP contribution in [-0.2, 0) is 42.8 Å². The SMILES string of the molecule is O=C(Cc1cn([C@H]2C[C@H](O)[C@@H](COP(=O)(O)OP(=O)(O)OP(=O)(O)O)O2)c(=O)[nH]c1=O)NCCCCCCNC(=O)c1cccnc1. The van der Waals surface area contributed by atoms with E-state index in [0.29, 0.717) is 25.1 Å². The Balaban J connectivity index is 1.44.